The number of carbonyl (C=O) groups excluding carboxylic acids is 1. The molecule has 1 fully saturated rings. The lowest BCUT2D eigenvalue weighted by molar-refractivity contribution is -0.130. The maximum atomic E-state index is 12.8. The summed E-state index contributed by atoms with van der Waals surface area (Å²) in [5.74, 6) is 1.63. The second kappa shape index (κ2) is 10.5. The van der Waals surface area contributed by atoms with E-state index in [4.69, 9.17) is 4.74 Å². The molecule has 0 aliphatic carbocycles. The highest BCUT2D eigenvalue weighted by Crippen LogP contribution is 2.19. The first-order valence-corrected chi connectivity index (χ1v) is 10.9. The molecular weight excluding hydrogens is 400 g/mol. The lowest BCUT2D eigenvalue weighted by Gasteiger charge is -2.35. The van der Waals surface area contributed by atoms with Crippen molar-refractivity contribution in [3.05, 3.63) is 89.6 Å². The van der Waals surface area contributed by atoms with Crippen LogP contribution in [0.15, 0.2) is 72.9 Å². The lowest BCUT2D eigenvalue weighted by Crippen LogP contribution is -2.49. The van der Waals surface area contributed by atoms with Crippen LogP contribution in [0.25, 0.3) is 0 Å². The first-order valence-electron chi connectivity index (χ1n) is 10.9. The third kappa shape index (κ3) is 5.44. The topological polar surface area (TPSA) is 69.5 Å². The van der Waals surface area contributed by atoms with Gasteiger partial charge >= 0.3 is 0 Å². The molecule has 0 unspecified atom stereocenters. The van der Waals surface area contributed by atoms with Crippen molar-refractivity contribution in [2.24, 2.45) is 0 Å². The Labute approximate surface area is 188 Å². The average Bonchev–Trinajstić information content (AvgIpc) is 2.86. The summed E-state index contributed by atoms with van der Waals surface area (Å²) < 4.78 is 5.83. The Bertz CT molecular complexity index is 1070. The van der Waals surface area contributed by atoms with Gasteiger partial charge in [0.15, 0.2) is 0 Å². The Morgan fingerprint density at radius 2 is 1.69 bits per heavy atom. The van der Waals surface area contributed by atoms with Crippen LogP contribution in [0, 0.1) is 11.3 Å². The molecule has 1 saturated heterocycles. The number of aromatic nitrogens is 1. The van der Waals surface area contributed by atoms with Crippen LogP contribution in [-0.4, -0.2) is 48.6 Å². The third-order valence-electron chi connectivity index (χ3n) is 5.62. The zero-order valence-corrected chi connectivity index (χ0v) is 18.0. The number of nitrogens with zero attached hydrogens (tertiary/aromatic N) is 4. The number of hydrogen-bond donors (Lipinski definition) is 0. The first kappa shape index (κ1) is 21.4. The van der Waals surface area contributed by atoms with Crippen LogP contribution < -0.4 is 9.64 Å². The Hall–Kier alpha value is -3.85. The molecule has 6 nitrogen and oxygen atoms in total. The number of rotatable bonds is 7. The van der Waals surface area contributed by atoms with Crippen molar-refractivity contribution < 1.29 is 9.53 Å². The number of hydrogen-bond acceptors (Lipinski definition) is 5. The highest BCUT2D eigenvalue weighted by molar-refractivity contribution is 5.79. The van der Waals surface area contributed by atoms with Gasteiger partial charge in [-0.15, -0.1) is 0 Å². The molecule has 6 heteroatoms. The molecule has 0 N–H and O–H groups in total. The SMILES string of the molecule is N#Cc1cccnc1N1CCN(C(=O)Cc2ccc(OCCc3ccccc3)cc2)CC1. The number of nitriles is 1. The molecule has 2 aromatic carbocycles. The van der Waals surface area contributed by atoms with Crippen molar-refractivity contribution in [3.8, 4) is 11.8 Å². The molecule has 1 amide bonds. The van der Waals surface area contributed by atoms with E-state index in [1.54, 1.807) is 18.3 Å². The number of ether oxygens (including phenoxy) is 1. The molecule has 3 aromatic rings. The van der Waals surface area contributed by atoms with E-state index >= 15 is 0 Å². The van der Waals surface area contributed by atoms with E-state index in [1.165, 1.54) is 5.56 Å². The van der Waals surface area contributed by atoms with E-state index in [1.807, 2.05) is 47.4 Å². The second-order valence-corrected chi connectivity index (χ2v) is 7.76. The molecule has 0 spiro atoms. The summed E-state index contributed by atoms with van der Waals surface area (Å²) in [6.45, 7) is 3.22. The summed E-state index contributed by atoms with van der Waals surface area (Å²) in [6, 6.07) is 23.8. The predicted octanol–water partition coefficient (Wildman–Crippen LogP) is 3.47. The summed E-state index contributed by atoms with van der Waals surface area (Å²) in [7, 11) is 0. The Morgan fingerprint density at radius 1 is 0.938 bits per heavy atom. The minimum absolute atomic E-state index is 0.115. The van der Waals surface area contributed by atoms with Crippen molar-refractivity contribution in [1.82, 2.24) is 9.88 Å². The highest BCUT2D eigenvalue weighted by Gasteiger charge is 2.23. The molecule has 0 radical (unpaired) electrons. The Balaban J connectivity index is 1.24. The largest absolute Gasteiger partial charge is 0.493 e. The predicted molar refractivity (Wildman–Crippen MR) is 124 cm³/mol. The fraction of sp³-hybridized carbons (Fsp3) is 0.269. The van der Waals surface area contributed by atoms with Gasteiger partial charge < -0.3 is 14.5 Å². The average molecular weight is 427 g/mol. The smallest absolute Gasteiger partial charge is 0.227 e. The number of carbonyl (C=O) groups is 1. The zero-order chi connectivity index (χ0) is 22.2. The number of pyridine rings is 1. The molecule has 0 saturated carbocycles. The van der Waals surface area contributed by atoms with Gasteiger partial charge in [-0.3, -0.25) is 4.79 Å². The zero-order valence-electron chi connectivity index (χ0n) is 18.0. The van der Waals surface area contributed by atoms with E-state index in [2.05, 4.69) is 28.1 Å². The minimum Gasteiger partial charge on any atom is -0.493 e. The number of benzene rings is 2. The van der Waals surface area contributed by atoms with Crippen molar-refractivity contribution in [1.29, 1.82) is 5.26 Å². The van der Waals surface area contributed by atoms with Crippen LogP contribution in [0.4, 0.5) is 5.82 Å². The fourth-order valence-corrected chi connectivity index (χ4v) is 3.83. The summed E-state index contributed by atoms with van der Waals surface area (Å²) in [5.41, 5.74) is 2.80. The third-order valence-corrected chi connectivity index (χ3v) is 5.62. The maximum absolute atomic E-state index is 12.8. The Kier molecular flexibility index (Phi) is 6.98. The van der Waals surface area contributed by atoms with Crippen LogP contribution in [0.3, 0.4) is 0 Å². The maximum Gasteiger partial charge on any atom is 0.227 e. The van der Waals surface area contributed by atoms with Crippen LogP contribution in [0.5, 0.6) is 5.75 Å². The molecule has 162 valence electrons. The van der Waals surface area contributed by atoms with Crippen molar-refractivity contribution >= 4 is 11.7 Å². The van der Waals surface area contributed by atoms with E-state index < -0.39 is 0 Å². The molecule has 2 heterocycles. The molecule has 0 atom stereocenters. The monoisotopic (exact) mass is 426 g/mol. The Morgan fingerprint density at radius 3 is 2.41 bits per heavy atom. The van der Waals surface area contributed by atoms with E-state index in [0.29, 0.717) is 50.6 Å². The second-order valence-electron chi connectivity index (χ2n) is 7.76. The molecule has 0 bridgehead atoms. The normalized spacial score (nSPS) is 13.5. The summed E-state index contributed by atoms with van der Waals surface area (Å²) in [5, 5.41) is 9.28. The summed E-state index contributed by atoms with van der Waals surface area (Å²) in [6.07, 6.45) is 2.93. The van der Waals surface area contributed by atoms with Crippen LogP contribution >= 0.6 is 0 Å². The molecule has 32 heavy (non-hydrogen) atoms. The first-order chi connectivity index (χ1) is 15.7. The van der Waals surface area contributed by atoms with E-state index in [0.717, 1.165) is 17.7 Å². The van der Waals surface area contributed by atoms with Crippen molar-refractivity contribution in [2.75, 3.05) is 37.7 Å². The van der Waals surface area contributed by atoms with Crippen LogP contribution in [0.1, 0.15) is 16.7 Å². The van der Waals surface area contributed by atoms with E-state index in [-0.39, 0.29) is 5.91 Å². The van der Waals surface area contributed by atoms with Gasteiger partial charge in [-0.1, -0.05) is 42.5 Å². The quantitative estimate of drug-likeness (QED) is 0.579. The molecular formula is C26H26N4O2. The van der Waals surface area contributed by atoms with Gasteiger partial charge in [-0.2, -0.15) is 5.26 Å². The molecule has 4 rings (SSSR count). The van der Waals surface area contributed by atoms with Gasteiger partial charge in [0, 0.05) is 38.8 Å². The van der Waals surface area contributed by atoms with Gasteiger partial charge in [0.05, 0.1) is 18.6 Å². The fourth-order valence-electron chi connectivity index (χ4n) is 3.83. The molecule has 1 aromatic heterocycles. The van der Waals surface area contributed by atoms with Gasteiger partial charge in [0.2, 0.25) is 5.91 Å². The van der Waals surface area contributed by atoms with Gasteiger partial charge in [0.25, 0.3) is 0 Å². The van der Waals surface area contributed by atoms with Crippen molar-refractivity contribution in [2.45, 2.75) is 12.8 Å². The summed E-state index contributed by atoms with van der Waals surface area (Å²) >= 11 is 0. The number of anilines is 1. The summed E-state index contributed by atoms with van der Waals surface area (Å²) in [4.78, 5) is 21.1. The van der Waals surface area contributed by atoms with Gasteiger partial charge in [-0.05, 0) is 35.4 Å². The van der Waals surface area contributed by atoms with Crippen LogP contribution in [0.2, 0.25) is 0 Å². The molecule has 1 aliphatic rings. The number of amides is 1. The lowest BCUT2D eigenvalue weighted by atomic mass is 10.1. The van der Waals surface area contributed by atoms with Gasteiger partial charge in [0.1, 0.15) is 17.6 Å². The number of piperazine rings is 1. The van der Waals surface area contributed by atoms with Gasteiger partial charge in [-0.25, -0.2) is 4.98 Å². The molecule has 1 aliphatic heterocycles. The van der Waals surface area contributed by atoms with Crippen LogP contribution in [-0.2, 0) is 17.6 Å². The standard InChI is InChI=1S/C26H26N4O2/c27-20-23-7-4-13-28-26(23)30-16-14-29(15-17-30)25(31)19-22-8-10-24(11-9-22)32-18-12-21-5-2-1-3-6-21/h1-11,13H,12,14-19H2. The van der Waals surface area contributed by atoms with E-state index in [9.17, 15) is 10.1 Å². The highest BCUT2D eigenvalue weighted by atomic mass is 16.5. The van der Waals surface area contributed by atoms with Crippen molar-refractivity contribution in [3.63, 3.8) is 0 Å². The minimum atomic E-state index is 0.115.